The number of nitrogens with zero attached hydrogens (tertiary/aromatic N) is 3. The van der Waals surface area contributed by atoms with Crippen LogP contribution in [0.25, 0.3) is 11.0 Å². The lowest BCUT2D eigenvalue weighted by Crippen LogP contribution is -2.37. The molecule has 1 fully saturated rings. The molecule has 3 aromatic rings. The van der Waals surface area contributed by atoms with Crippen molar-refractivity contribution in [2.75, 3.05) is 13.1 Å². The maximum Gasteiger partial charge on any atom is 0.253 e. The Labute approximate surface area is 136 Å². The van der Waals surface area contributed by atoms with E-state index in [1.165, 1.54) is 17.3 Å². The number of piperidine rings is 1. The fourth-order valence-electron chi connectivity index (χ4n) is 3.02. The molecule has 3 heterocycles. The molecule has 0 atom stereocenters. The standard InChI is InChI=1S/C16H15N3OS2/c20-16(12-1-2-14-15(9-12)18-22-17-14)19-6-3-11(4-7-19)13-5-8-21-10-13/h1-2,5,8-11H,3-4,6-7H2. The van der Waals surface area contributed by atoms with Gasteiger partial charge in [-0.25, -0.2) is 0 Å². The van der Waals surface area contributed by atoms with Crippen LogP contribution in [0.5, 0.6) is 0 Å². The van der Waals surface area contributed by atoms with Gasteiger partial charge in [0.15, 0.2) is 0 Å². The molecule has 6 heteroatoms. The van der Waals surface area contributed by atoms with E-state index in [-0.39, 0.29) is 5.91 Å². The van der Waals surface area contributed by atoms with E-state index in [4.69, 9.17) is 0 Å². The molecule has 0 bridgehead atoms. The van der Waals surface area contributed by atoms with Crippen LogP contribution in [-0.2, 0) is 0 Å². The number of carbonyl (C=O) groups excluding carboxylic acids is 1. The molecule has 4 nitrogen and oxygen atoms in total. The zero-order valence-corrected chi connectivity index (χ0v) is 13.6. The Bertz CT molecular complexity index is 789. The van der Waals surface area contributed by atoms with Gasteiger partial charge in [-0.15, -0.1) is 0 Å². The van der Waals surface area contributed by atoms with E-state index in [9.17, 15) is 4.79 Å². The maximum atomic E-state index is 12.6. The van der Waals surface area contributed by atoms with Crippen molar-refractivity contribution in [3.05, 3.63) is 46.2 Å². The van der Waals surface area contributed by atoms with Gasteiger partial charge in [-0.1, -0.05) is 0 Å². The molecular formula is C16H15N3OS2. The van der Waals surface area contributed by atoms with Crippen molar-refractivity contribution in [1.29, 1.82) is 0 Å². The van der Waals surface area contributed by atoms with Crippen molar-refractivity contribution < 1.29 is 4.79 Å². The van der Waals surface area contributed by atoms with Crippen molar-refractivity contribution in [2.24, 2.45) is 0 Å². The fraction of sp³-hybridized carbons (Fsp3) is 0.312. The first kappa shape index (κ1) is 13.8. The van der Waals surface area contributed by atoms with Gasteiger partial charge in [-0.05, 0) is 59.3 Å². The first-order valence-corrected chi connectivity index (χ1v) is 9.02. The number of carbonyl (C=O) groups is 1. The lowest BCUT2D eigenvalue weighted by Gasteiger charge is -2.31. The van der Waals surface area contributed by atoms with E-state index < -0.39 is 0 Å². The van der Waals surface area contributed by atoms with Crippen LogP contribution in [0.2, 0.25) is 0 Å². The van der Waals surface area contributed by atoms with Gasteiger partial charge in [0.1, 0.15) is 11.0 Å². The van der Waals surface area contributed by atoms with Crippen molar-refractivity contribution in [3.8, 4) is 0 Å². The second-order valence-electron chi connectivity index (χ2n) is 5.59. The minimum Gasteiger partial charge on any atom is -0.339 e. The molecule has 1 aliphatic rings. The minimum absolute atomic E-state index is 0.110. The maximum absolute atomic E-state index is 12.6. The number of rotatable bonds is 2. The monoisotopic (exact) mass is 329 g/mol. The second-order valence-corrected chi connectivity index (χ2v) is 6.90. The highest BCUT2D eigenvalue weighted by atomic mass is 32.1. The number of likely N-dealkylation sites (tertiary alicyclic amines) is 1. The Hall–Kier alpha value is -1.79. The number of hydrogen-bond donors (Lipinski definition) is 0. The van der Waals surface area contributed by atoms with Crippen molar-refractivity contribution in [3.63, 3.8) is 0 Å². The van der Waals surface area contributed by atoms with Crippen LogP contribution in [0.3, 0.4) is 0 Å². The predicted molar refractivity (Wildman–Crippen MR) is 89.6 cm³/mol. The van der Waals surface area contributed by atoms with E-state index in [0.717, 1.165) is 37.0 Å². The van der Waals surface area contributed by atoms with Gasteiger partial charge >= 0.3 is 0 Å². The molecule has 0 aliphatic carbocycles. The molecule has 1 aliphatic heterocycles. The largest absolute Gasteiger partial charge is 0.339 e. The summed E-state index contributed by atoms with van der Waals surface area (Å²) < 4.78 is 8.39. The molecule has 1 amide bonds. The van der Waals surface area contributed by atoms with Gasteiger partial charge in [0.2, 0.25) is 0 Å². The number of benzene rings is 1. The van der Waals surface area contributed by atoms with Gasteiger partial charge in [0, 0.05) is 18.7 Å². The average molecular weight is 329 g/mol. The van der Waals surface area contributed by atoms with E-state index in [1.54, 1.807) is 11.3 Å². The van der Waals surface area contributed by atoms with Gasteiger partial charge < -0.3 is 4.90 Å². The van der Waals surface area contributed by atoms with Gasteiger partial charge in [-0.2, -0.15) is 20.1 Å². The summed E-state index contributed by atoms with van der Waals surface area (Å²) in [7, 11) is 0. The molecule has 4 rings (SSSR count). The Morgan fingerprint density at radius 3 is 2.73 bits per heavy atom. The van der Waals surface area contributed by atoms with E-state index >= 15 is 0 Å². The van der Waals surface area contributed by atoms with E-state index in [1.807, 2.05) is 23.1 Å². The van der Waals surface area contributed by atoms with Crippen LogP contribution >= 0.6 is 23.1 Å². The Balaban J connectivity index is 1.47. The topological polar surface area (TPSA) is 46.1 Å². The average Bonchev–Trinajstić information content (AvgIpc) is 3.25. The molecule has 0 radical (unpaired) electrons. The first-order valence-electron chi connectivity index (χ1n) is 7.35. The molecule has 112 valence electrons. The van der Waals surface area contributed by atoms with E-state index in [0.29, 0.717) is 11.5 Å². The molecule has 0 N–H and O–H groups in total. The molecule has 0 saturated carbocycles. The second kappa shape index (κ2) is 5.78. The molecule has 0 unspecified atom stereocenters. The zero-order chi connectivity index (χ0) is 14.9. The van der Waals surface area contributed by atoms with Crippen LogP contribution < -0.4 is 0 Å². The summed E-state index contributed by atoms with van der Waals surface area (Å²) in [5.41, 5.74) is 3.81. The number of amides is 1. The molecule has 0 spiro atoms. The Kier molecular flexibility index (Phi) is 3.63. The third-order valence-corrected chi connectivity index (χ3v) is 5.56. The van der Waals surface area contributed by atoms with Crippen molar-refractivity contribution >= 4 is 40.0 Å². The number of aromatic nitrogens is 2. The summed E-state index contributed by atoms with van der Waals surface area (Å²) >= 11 is 2.93. The Morgan fingerprint density at radius 1 is 1.14 bits per heavy atom. The third-order valence-electron chi connectivity index (χ3n) is 4.30. The highest BCUT2D eigenvalue weighted by Gasteiger charge is 2.25. The van der Waals surface area contributed by atoms with Crippen LogP contribution in [0.4, 0.5) is 0 Å². The van der Waals surface area contributed by atoms with Crippen molar-refractivity contribution in [1.82, 2.24) is 13.6 Å². The lowest BCUT2D eigenvalue weighted by atomic mass is 9.91. The smallest absolute Gasteiger partial charge is 0.253 e. The summed E-state index contributed by atoms with van der Waals surface area (Å²) in [5, 5.41) is 4.36. The number of hydrogen-bond acceptors (Lipinski definition) is 5. The first-order chi connectivity index (χ1) is 10.8. The SMILES string of the molecule is O=C(c1ccc2nsnc2c1)N1CCC(c2ccsc2)CC1. The minimum atomic E-state index is 0.110. The predicted octanol–water partition coefficient (Wildman–Crippen LogP) is 3.77. The lowest BCUT2D eigenvalue weighted by molar-refractivity contribution is 0.0713. The molecule has 1 aromatic carbocycles. The van der Waals surface area contributed by atoms with Crippen molar-refractivity contribution in [2.45, 2.75) is 18.8 Å². The molecule has 1 saturated heterocycles. The molecular weight excluding hydrogens is 314 g/mol. The number of thiophene rings is 1. The molecule has 22 heavy (non-hydrogen) atoms. The van der Waals surface area contributed by atoms with Crippen LogP contribution in [-0.4, -0.2) is 32.6 Å². The summed E-state index contributed by atoms with van der Waals surface area (Å²) in [6, 6.07) is 7.79. The quantitative estimate of drug-likeness (QED) is 0.719. The summed E-state index contributed by atoms with van der Waals surface area (Å²) in [6.07, 6.45) is 2.09. The number of fused-ring (bicyclic) bond motifs is 1. The Morgan fingerprint density at radius 2 is 1.95 bits per heavy atom. The van der Waals surface area contributed by atoms with E-state index in [2.05, 4.69) is 25.6 Å². The summed E-state index contributed by atoms with van der Waals surface area (Å²) in [6.45, 7) is 1.65. The van der Waals surface area contributed by atoms with Gasteiger partial charge in [-0.3, -0.25) is 4.79 Å². The normalized spacial score (nSPS) is 16.3. The summed E-state index contributed by atoms with van der Waals surface area (Å²) in [5.74, 6) is 0.708. The van der Waals surface area contributed by atoms with Gasteiger partial charge in [0.25, 0.3) is 5.91 Å². The van der Waals surface area contributed by atoms with Crippen LogP contribution in [0.1, 0.15) is 34.7 Å². The zero-order valence-electron chi connectivity index (χ0n) is 11.9. The van der Waals surface area contributed by atoms with Gasteiger partial charge in [0.05, 0.1) is 11.7 Å². The fourth-order valence-corrected chi connectivity index (χ4v) is 4.28. The van der Waals surface area contributed by atoms with Crippen LogP contribution in [0, 0.1) is 0 Å². The highest BCUT2D eigenvalue weighted by molar-refractivity contribution is 7.08. The summed E-state index contributed by atoms with van der Waals surface area (Å²) in [4.78, 5) is 14.6. The highest BCUT2D eigenvalue weighted by Crippen LogP contribution is 2.30. The van der Waals surface area contributed by atoms with Crippen LogP contribution in [0.15, 0.2) is 35.0 Å². The third kappa shape index (κ3) is 2.53. The molecule has 2 aromatic heterocycles.